The predicted molar refractivity (Wildman–Crippen MR) is 66.5 cm³/mol. The maximum Gasteiger partial charge on any atom is 0.416 e. The van der Waals surface area contributed by atoms with Gasteiger partial charge in [0, 0.05) is 10.4 Å². The lowest BCUT2D eigenvalue weighted by Crippen LogP contribution is -2.04. The van der Waals surface area contributed by atoms with Crippen LogP contribution < -0.4 is 0 Å². The molecule has 0 aliphatic rings. The summed E-state index contributed by atoms with van der Waals surface area (Å²) in [5, 5.41) is 7.58. The number of rotatable bonds is 2. The molecule has 2 rings (SSSR count). The summed E-state index contributed by atoms with van der Waals surface area (Å²) in [6.45, 7) is 3.72. The Morgan fingerprint density at radius 2 is 1.89 bits per heavy atom. The molecule has 0 atom stereocenters. The predicted octanol–water partition coefficient (Wildman–Crippen LogP) is 4.64. The van der Waals surface area contributed by atoms with E-state index in [4.69, 9.17) is 4.42 Å². The molecule has 0 N–H and O–H groups in total. The van der Waals surface area contributed by atoms with E-state index in [-0.39, 0.29) is 17.4 Å². The molecule has 102 valence electrons. The van der Waals surface area contributed by atoms with Crippen LogP contribution in [0.3, 0.4) is 0 Å². The standard InChI is InChI=1S/C12H10BrF3N2O/c1-6(2)10-17-18-11(19-10)8-5-7(12(14,15)16)3-4-9(8)13/h3-6H,1-2H3. The van der Waals surface area contributed by atoms with Gasteiger partial charge in [0.2, 0.25) is 11.8 Å². The van der Waals surface area contributed by atoms with Crippen LogP contribution in [0.4, 0.5) is 13.2 Å². The zero-order valence-corrected chi connectivity index (χ0v) is 11.7. The first-order chi connectivity index (χ1) is 8.79. The van der Waals surface area contributed by atoms with Crippen molar-refractivity contribution in [2.24, 2.45) is 0 Å². The van der Waals surface area contributed by atoms with Crippen molar-refractivity contribution >= 4 is 15.9 Å². The molecule has 0 radical (unpaired) electrons. The fourth-order valence-electron chi connectivity index (χ4n) is 1.44. The van der Waals surface area contributed by atoms with E-state index in [9.17, 15) is 13.2 Å². The van der Waals surface area contributed by atoms with Crippen molar-refractivity contribution in [2.45, 2.75) is 25.9 Å². The average molecular weight is 335 g/mol. The maximum atomic E-state index is 12.7. The van der Waals surface area contributed by atoms with Gasteiger partial charge in [-0.05, 0) is 34.1 Å². The molecule has 1 aromatic carbocycles. The highest BCUT2D eigenvalue weighted by Gasteiger charge is 2.31. The molecule has 1 heterocycles. The van der Waals surface area contributed by atoms with E-state index in [1.807, 2.05) is 13.8 Å². The third kappa shape index (κ3) is 2.97. The molecule has 0 aliphatic heterocycles. The maximum absolute atomic E-state index is 12.7. The molecule has 1 aromatic heterocycles. The second-order valence-electron chi connectivity index (χ2n) is 4.29. The lowest BCUT2D eigenvalue weighted by atomic mass is 10.1. The number of aromatic nitrogens is 2. The van der Waals surface area contributed by atoms with Gasteiger partial charge in [-0.25, -0.2) is 0 Å². The van der Waals surface area contributed by atoms with Crippen molar-refractivity contribution in [2.75, 3.05) is 0 Å². The molecule has 0 aliphatic carbocycles. The molecule has 0 saturated heterocycles. The lowest BCUT2D eigenvalue weighted by molar-refractivity contribution is -0.137. The summed E-state index contributed by atoms with van der Waals surface area (Å²) < 4.78 is 43.8. The minimum atomic E-state index is -4.41. The van der Waals surface area contributed by atoms with Crippen molar-refractivity contribution in [3.63, 3.8) is 0 Å². The van der Waals surface area contributed by atoms with E-state index in [0.717, 1.165) is 12.1 Å². The van der Waals surface area contributed by atoms with Crippen LogP contribution in [0, 0.1) is 0 Å². The van der Waals surface area contributed by atoms with Gasteiger partial charge >= 0.3 is 6.18 Å². The van der Waals surface area contributed by atoms with Crippen LogP contribution in [0.25, 0.3) is 11.5 Å². The number of halogens is 4. The van der Waals surface area contributed by atoms with E-state index < -0.39 is 11.7 Å². The van der Waals surface area contributed by atoms with Crippen LogP contribution in [-0.4, -0.2) is 10.2 Å². The first-order valence-electron chi connectivity index (χ1n) is 5.49. The Balaban J connectivity index is 2.48. The van der Waals surface area contributed by atoms with Crippen LogP contribution in [0.15, 0.2) is 27.1 Å². The highest BCUT2D eigenvalue weighted by molar-refractivity contribution is 9.10. The Kier molecular flexibility index (Phi) is 3.66. The molecule has 0 saturated carbocycles. The van der Waals surface area contributed by atoms with E-state index in [1.54, 1.807) is 0 Å². The fourth-order valence-corrected chi connectivity index (χ4v) is 1.86. The quantitative estimate of drug-likeness (QED) is 0.802. The number of benzene rings is 1. The van der Waals surface area contributed by atoms with Crippen LogP contribution in [0.2, 0.25) is 0 Å². The van der Waals surface area contributed by atoms with Gasteiger partial charge in [0.1, 0.15) is 0 Å². The average Bonchev–Trinajstić information content (AvgIpc) is 2.77. The number of hydrogen-bond acceptors (Lipinski definition) is 3. The van der Waals surface area contributed by atoms with Gasteiger partial charge in [0.25, 0.3) is 0 Å². The molecule has 0 amide bonds. The fraction of sp³-hybridized carbons (Fsp3) is 0.333. The Morgan fingerprint density at radius 3 is 2.42 bits per heavy atom. The molecular formula is C12H10BrF3N2O. The summed E-state index contributed by atoms with van der Waals surface area (Å²) in [7, 11) is 0. The summed E-state index contributed by atoms with van der Waals surface area (Å²) in [5.41, 5.74) is -0.524. The van der Waals surface area contributed by atoms with Crippen LogP contribution in [0.5, 0.6) is 0 Å². The van der Waals surface area contributed by atoms with Gasteiger partial charge < -0.3 is 4.42 Å². The van der Waals surface area contributed by atoms with Crippen molar-refractivity contribution in [1.82, 2.24) is 10.2 Å². The van der Waals surface area contributed by atoms with E-state index in [0.29, 0.717) is 10.4 Å². The van der Waals surface area contributed by atoms with E-state index >= 15 is 0 Å². The minimum Gasteiger partial charge on any atom is -0.420 e. The van der Waals surface area contributed by atoms with Gasteiger partial charge in [-0.2, -0.15) is 13.2 Å². The van der Waals surface area contributed by atoms with Gasteiger partial charge in [0.05, 0.1) is 11.1 Å². The van der Waals surface area contributed by atoms with Gasteiger partial charge in [0.15, 0.2) is 0 Å². The van der Waals surface area contributed by atoms with Crippen molar-refractivity contribution < 1.29 is 17.6 Å². The summed E-state index contributed by atoms with van der Waals surface area (Å²) in [6, 6.07) is 3.30. The molecule has 7 heteroatoms. The number of nitrogens with zero attached hydrogens (tertiary/aromatic N) is 2. The van der Waals surface area contributed by atoms with Crippen LogP contribution in [0.1, 0.15) is 31.2 Å². The Morgan fingerprint density at radius 1 is 1.21 bits per heavy atom. The number of hydrogen-bond donors (Lipinski definition) is 0. The van der Waals surface area contributed by atoms with Gasteiger partial charge in [-0.1, -0.05) is 13.8 Å². The van der Waals surface area contributed by atoms with Crippen LogP contribution in [-0.2, 0) is 6.18 Å². The molecule has 2 aromatic rings. The Labute approximate surface area is 116 Å². The summed E-state index contributed by atoms with van der Waals surface area (Å²) >= 11 is 3.19. The second-order valence-corrected chi connectivity index (χ2v) is 5.15. The monoisotopic (exact) mass is 334 g/mol. The molecule has 0 fully saturated rings. The Bertz CT molecular complexity index is 593. The topological polar surface area (TPSA) is 38.9 Å². The zero-order chi connectivity index (χ0) is 14.2. The van der Waals surface area contributed by atoms with E-state index in [2.05, 4.69) is 26.1 Å². The molecule has 3 nitrogen and oxygen atoms in total. The molecule has 19 heavy (non-hydrogen) atoms. The number of alkyl halides is 3. The molecule has 0 spiro atoms. The van der Waals surface area contributed by atoms with Crippen molar-refractivity contribution in [3.8, 4) is 11.5 Å². The molecular weight excluding hydrogens is 325 g/mol. The smallest absolute Gasteiger partial charge is 0.416 e. The lowest BCUT2D eigenvalue weighted by Gasteiger charge is -2.08. The highest BCUT2D eigenvalue weighted by Crippen LogP contribution is 2.35. The summed E-state index contributed by atoms with van der Waals surface area (Å²) in [5.74, 6) is 0.479. The van der Waals surface area contributed by atoms with E-state index in [1.165, 1.54) is 6.07 Å². The highest BCUT2D eigenvalue weighted by atomic mass is 79.9. The van der Waals surface area contributed by atoms with Gasteiger partial charge in [-0.15, -0.1) is 10.2 Å². The molecule has 0 bridgehead atoms. The molecule has 0 unspecified atom stereocenters. The third-order valence-corrected chi connectivity index (χ3v) is 3.15. The third-order valence-electron chi connectivity index (χ3n) is 2.46. The first kappa shape index (κ1) is 14.0. The summed E-state index contributed by atoms with van der Waals surface area (Å²) in [4.78, 5) is 0. The zero-order valence-electron chi connectivity index (χ0n) is 10.1. The van der Waals surface area contributed by atoms with Gasteiger partial charge in [-0.3, -0.25) is 0 Å². The largest absolute Gasteiger partial charge is 0.420 e. The van der Waals surface area contributed by atoms with Crippen molar-refractivity contribution in [1.29, 1.82) is 0 Å². The SMILES string of the molecule is CC(C)c1nnc(-c2cc(C(F)(F)F)ccc2Br)o1. The first-order valence-corrected chi connectivity index (χ1v) is 6.29. The minimum absolute atomic E-state index is 0.0193. The Hall–Kier alpha value is -1.37. The summed E-state index contributed by atoms with van der Waals surface area (Å²) in [6.07, 6.45) is -4.41. The van der Waals surface area contributed by atoms with Crippen molar-refractivity contribution in [3.05, 3.63) is 34.1 Å². The second kappa shape index (κ2) is 4.96. The van der Waals surface area contributed by atoms with Crippen LogP contribution >= 0.6 is 15.9 Å². The normalized spacial score (nSPS) is 12.2.